The van der Waals surface area contributed by atoms with Gasteiger partial charge >= 0.3 is 0 Å². The third-order valence-electron chi connectivity index (χ3n) is 3.20. The zero-order chi connectivity index (χ0) is 16.0. The van der Waals surface area contributed by atoms with E-state index in [0.717, 1.165) is 0 Å². The molecule has 0 heterocycles. The van der Waals surface area contributed by atoms with Crippen LogP contribution < -0.4 is 10.1 Å². The lowest BCUT2D eigenvalue weighted by atomic mass is 9.90. The summed E-state index contributed by atoms with van der Waals surface area (Å²) < 4.78 is 5.23. The summed E-state index contributed by atoms with van der Waals surface area (Å²) in [5.74, 6) is -0.129. The molecule has 0 fully saturated rings. The third-order valence-corrected chi connectivity index (χ3v) is 3.20. The second-order valence-corrected chi connectivity index (χ2v) is 5.06. The van der Waals surface area contributed by atoms with E-state index in [4.69, 9.17) is 10.00 Å². The number of benzene rings is 1. The summed E-state index contributed by atoms with van der Waals surface area (Å²) in [5, 5.41) is 22.2. The molecular weight excluding hydrogens is 274 g/mol. The van der Waals surface area contributed by atoms with Gasteiger partial charge in [0.2, 0.25) is 0 Å². The van der Waals surface area contributed by atoms with E-state index in [1.165, 1.54) is 24.3 Å². The summed E-state index contributed by atoms with van der Waals surface area (Å²) in [7, 11) is 0. The molecule has 1 N–H and O–H groups in total. The van der Waals surface area contributed by atoms with Crippen molar-refractivity contribution in [3.63, 3.8) is 0 Å². The average Bonchev–Trinajstić information content (AvgIpc) is 2.45. The van der Waals surface area contributed by atoms with E-state index in [0.29, 0.717) is 5.75 Å². The number of nitrogens with one attached hydrogen (secondary N) is 1. The van der Waals surface area contributed by atoms with Gasteiger partial charge in [0.05, 0.1) is 11.0 Å². The third kappa shape index (κ3) is 4.45. The maximum absolute atomic E-state index is 11.8. The molecule has 0 aliphatic rings. The monoisotopic (exact) mass is 291 g/mol. The Labute approximate surface area is 122 Å². The lowest BCUT2D eigenvalue weighted by molar-refractivity contribution is -0.384. The van der Waals surface area contributed by atoms with Crippen LogP contribution in [0.15, 0.2) is 24.3 Å². The van der Waals surface area contributed by atoms with Crippen molar-refractivity contribution in [2.45, 2.75) is 26.3 Å². The Kier molecular flexibility index (Phi) is 5.24. The van der Waals surface area contributed by atoms with Gasteiger partial charge in [-0.2, -0.15) is 5.26 Å². The van der Waals surface area contributed by atoms with Crippen LogP contribution in [0, 0.1) is 27.4 Å². The van der Waals surface area contributed by atoms with Crippen LogP contribution in [-0.4, -0.2) is 23.0 Å². The smallest absolute Gasteiger partial charge is 0.269 e. The highest BCUT2D eigenvalue weighted by atomic mass is 16.6. The molecule has 1 aromatic rings. The molecule has 0 aliphatic heterocycles. The molecule has 0 aromatic heterocycles. The molecule has 0 saturated carbocycles. The Hall–Kier alpha value is -2.62. The second kappa shape index (κ2) is 6.70. The maximum Gasteiger partial charge on any atom is 0.269 e. The fourth-order valence-electron chi connectivity index (χ4n) is 1.44. The van der Waals surface area contributed by atoms with Gasteiger partial charge in [0.15, 0.2) is 6.61 Å². The summed E-state index contributed by atoms with van der Waals surface area (Å²) in [5.41, 5.74) is -1.01. The molecule has 7 heteroatoms. The molecular formula is C14H17N3O4. The van der Waals surface area contributed by atoms with Gasteiger partial charge < -0.3 is 10.1 Å². The topological polar surface area (TPSA) is 105 Å². The van der Waals surface area contributed by atoms with Gasteiger partial charge in [0.1, 0.15) is 11.3 Å². The van der Waals surface area contributed by atoms with Crippen LogP contribution in [0.25, 0.3) is 0 Å². The van der Waals surface area contributed by atoms with Gasteiger partial charge in [0, 0.05) is 12.1 Å². The molecule has 112 valence electrons. The van der Waals surface area contributed by atoms with Crippen molar-refractivity contribution in [2.75, 3.05) is 6.61 Å². The zero-order valence-corrected chi connectivity index (χ0v) is 12.1. The highest BCUT2D eigenvalue weighted by Gasteiger charge is 2.29. The van der Waals surface area contributed by atoms with Gasteiger partial charge in [-0.05, 0) is 25.0 Å². The van der Waals surface area contributed by atoms with Gasteiger partial charge in [-0.25, -0.2) is 0 Å². The summed E-state index contributed by atoms with van der Waals surface area (Å²) in [6, 6.07) is 7.48. The molecule has 1 atom stereocenters. The van der Waals surface area contributed by atoms with E-state index >= 15 is 0 Å². The highest BCUT2D eigenvalue weighted by Crippen LogP contribution is 2.18. The van der Waals surface area contributed by atoms with Crippen LogP contribution in [-0.2, 0) is 4.79 Å². The van der Waals surface area contributed by atoms with Crippen LogP contribution >= 0.6 is 0 Å². The molecule has 1 unspecified atom stereocenters. The summed E-state index contributed by atoms with van der Waals surface area (Å²) in [6.45, 7) is 5.05. The van der Waals surface area contributed by atoms with Gasteiger partial charge in [-0.3, -0.25) is 14.9 Å². The Morgan fingerprint density at radius 2 is 2.05 bits per heavy atom. The molecule has 0 radical (unpaired) electrons. The molecule has 1 aromatic carbocycles. The number of nitrogens with zero attached hydrogens (tertiary/aromatic N) is 2. The van der Waals surface area contributed by atoms with Crippen LogP contribution in [0.2, 0.25) is 0 Å². The van der Waals surface area contributed by atoms with Crippen molar-refractivity contribution in [3.05, 3.63) is 34.4 Å². The van der Waals surface area contributed by atoms with E-state index in [9.17, 15) is 14.9 Å². The summed E-state index contributed by atoms with van der Waals surface area (Å²) in [6.07, 6.45) is 0. The molecule has 1 amide bonds. The lowest BCUT2D eigenvalue weighted by Gasteiger charge is -2.27. The Morgan fingerprint density at radius 3 is 2.48 bits per heavy atom. The number of nitro groups is 1. The van der Waals surface area contributed by atoms with E-state index in [1.54, 1.807) is 6.92 Å². The molecule has 0 aliphatic carbocycles. The fourth-order valence-corrected chi connectivity index (χ4v) is 1.44. The van der Waals surface area contributed by atoms with Crippen molar-refractivity contribution in [1.82, 2.24) is 5.32 Å². The van der Waals surface area contributed by atoms with Crippen LogP contribution in [0.5, 0.6) is 5.75 Å². The number of ether oxygens (including phenoxy) is 1. The average molecular weight is 291 g/mol. The van der Waals surface area contributed by atoms with Crippen molar-refractivity contribution in [2.24, 2.45) is 5.92 Å². The number of hydrogen-bond donors (Lipinski definition) is 1. The van der Waals surface area contributed by atoms with Gasteiger partial charge in [0.25, 0.3) is 11.6 Å². The van der Waals surface area contributed by atoms with Crippen molar-refractivity contribution >= 4 is 11.6 Å². The number of nitro benzene ring substituents is 1. The van der Waals surface area contributed by atoms with Gasteiger partial charge in [-0.1, -0.05) is 13.8 Å². The normalized spacial score (nSPS) is 13.1. The van der Waals surface area contributed by atoms with Crippen molar-refractivity contribution in [1.29, 1.82) is 5.26 Å². The Bertz CT molecular complexity index is 563. The summed E-state index contributed by atoms with van der Waals surface area (Å²) >= 11 is 0. The maximum atomic E-state index is 11.8. The number of carbonyl (C=O) groups is 1. The number of nitriles is 1. The number of carbonyl (C=O) groups excluding carboxylic acids is 1. The molecule has 1 rings (SSSR count). The van der Waals surface area contributed by atoms with Gasteiger partial charge in [-0.15, -0.1) is 0 Å². The molecule has 7 nitrogen and oxygen atoms in total. The van der Waals surface area contributed by atoms with Crippen molar-refractivity contribution < 1.29 is 14.5 Å². The zero-order valence-electron chi connectivity index (χ0n) is 12.1. The van der Waals surface area contributed by atoms with Crippen molar-refractivity contribution in [3.8, 4) is 11.8 Å². The first-order valence-corrected chi connectivity index (χ1v) is 6.38. The molecule has 0 saturated heterocycles. The molecule has 21 heavy (non-hydrogen) atoms. The quantitative estimate of drug-likeness (QED) is 0.637. The first-order chi connectivity index (χ1) is 9.78. The Balaban J connectivity index is 2.57. The predicted octanol–water partition coefficient (Wildman–Crippen LogP) is 2.03. The summed E-state index contributed by atoms with van der Waals surface area (Å²) in [4.78, 5) is 21.8. The second-order valence-electron chi connectivity index (χ2n) is 5.06. The standard InChI is InChI=1S/C14H17N3O4/c1-10(2)14(3,9-15)16-13(18)8-21-12-6-4-11(5-7-12)17(19)20/h4-7,10H,8H2,1-3H3,(H,16,18). The number of hydrogen-bond acceptors (Lipinski definition) is 5. The van der Waals surface area contributed by atoms with Crippen LogP contribution in [0.1, 0.15) is 20.8 Å². The minimum atomic E-state index is -0.962. The fraction of sp³-hybridized carbons (Fsp3) is 0.429. The molecule has 0 spiro atoms. The largest absolute Gasteiger partial charge is 0.484 e. The first kappa shape index (κ1) is 16.4. The van der Waals surface area contributed by atoms with E-state index in [2.05, 4.69) is 11.4 Å². The number of amides is 1. The minimum absolute atomic E-state index is 0.0502. The SMILES string of the molecule is CC(C)C(C)(C#N)NC(=O)COc1ccc([N+](=O)[O-])cc1. The van der Waals surface area contributed by atoms with E-state index in [1.807, 2.05) is 13.8 Å². The number of rotatable bonds is 6. The van der Waals surface area contributed by atoms with Crippen LogP contribution in [0.4, 0.5) is 5.69 Å². The Morgan fingerprint density at radius 1 is 1.48 bits per heavy atom. The van der Waals surface area contributed by atoms with E-state index < -0.39 is 16.4 Å². The lowest BCUT2D eigenvalue weighted by Crippen LogP contribution is -2.50. The highest BCUT2D eigenvalue weighted by molar-refractivity contribution is 5.78. The minimum Gasteiger partial charge on any atom is -0.484 e. The first-order valence-electron chi connectivity index (χ1n) is 6.38. The van der Waals surface area contributed by atoms with Crippen LogP contribution in [0.3, 0.4) is 0 Å². The van der Waals surface area contributed by atoms with E-state index in [-0.39, 0.29) is 18.2 Å². The molecule has 0 bridgehead atoms. The number of non-ortho nitro benzene ring substituents is 1. The predicted molar refractivity (Wildman–Crippen MR) is 75.6 cm³/mol.